The number of methoxy groups -OCH3 is 1. The fraction of sp³-hybridized carbons (Fsp3) is 0.227. The molecule has 0 radical (unpaired) electrons. The van der Waals surface area contributed by atoms with Crippen LogP contribution in [0.3, 0.4) is 0 Å². The molecule has 0 aliphatic carbocycles. The van der Waals surface area contributed by atoms with Gasteiger partial charge in [0.2, 0.25) is 5.91 Å². The highest BCUT2D eigenvalue weighted by atomic mass is 32.1. The summed E-state index contributed by atoms with van der Waals surface area (Å²) in [5.41, 5.74) is 2.68. The van der Waals surface area contributed by atoms with Crippen LogP contribution >= 0.6 is 11.3 Å². The lowest BCUT2D eigenvalue weighted by atomic mass is 10.1. The van der Waals surface area contributed by atoms with Crippen molar-refractivity contribution in [1.82, 2.24) is 5.32 Å². The number of rotatable bonds is 8. The van der Waals surface area contributed by atoms with Gasteiger partial charge in [-0.25, -0.2) is 0 Å². The lowest BCUT2D eigenvalue weighted by Gasteiger charge is -2.20. The number of hydrogen-bond donors (Lipinski definition) is 2. The van der Waals surface area contributed by atoms with E-state index in [2.05, 4.69) is 22.1 Å². The maximum atomic E-state index is 13.1. The standard InChI is InChI=1S/C22H24N2O2S/c1-16-10-11-20(26-2)19(15-16)24-22(25)21(17-7-4-3-5-8-17)23-13-12-18-9-6-14-27-18/h3-11,14-15,21,23H,12-13H2,1-2H3,(H,24,25)/t21-/m0/s1. The summed E-state index contributed by atoms with van der Waals surface area (Å²) in [6.07, 6.45) is 0.891. The number of hydrogen-bond acceptors (Lipinski definition) is 4. The number of thiophene rings is 1. The average molecular weight is 381 g/mol. The van der Waals surface area contributed by atoms with Crippen molar-refractivity contribution in [1.29, 1.82) is 0 Å². The van der Waals surface area contributed by atoms with Gasteiger partial charge in [0.25, 0.3) is 0 Å². The monoisotopic (exact) mass is 380 g/mol. The van der Waals surface area contributed by atoms with Crippen molar-refractivity contribution in [2.45, 2.75) is 19.4 Å². The van der Waals surface area contributed by atoms with Crippen LogP contribution in [-0.4, -0.2) is 19.6 Å². The van der Waals surface area contributed by atoms with Crippen LogP contribution in [0.1, 0.15) is 22.0 Å². The van der Waals surface area contributed by atoms with Crippen LogP contribution in [0.4, 0.5) is 5.69 Å². The largest absolute Gasteiger partial charge is 0.495 e. The van der Waals surface area contributed by atoms with Crippen LogP contribution in [0.15, 0.2) is 66.0 Å². The normalized spacial score (nSPS) is 11.8. The molecule has 1 atom stereocenters. The summed E-state index contributed by atoms with van der Waals surface area (Å²) < 4.78 is 5.38. The molecule has 27 heavy (non-hydrogen) atoms. The van der Waals surface area contributed by atoms with Gasteiger partial charge < -0.3 is 15.4 Å². The quantitative estimate of drug-likeness (QED) is 0.601. The van der Waals surface area contributed by atoms with Gasteiger partial charge in [0, 0.05) is 11.4 Å². The van der Waals surface area contributed by atoms with Crippen molar-refractivity contribution in [2.24, 2.45) is 0 Å². The molecule has 0 saturated heterocycles. The Morgan fingerprint density at radius 2 is 1.93 bits per heavy atom. The molecule has 0 unspecified atom stereocenters. The zero-order valence-electron chi connectivity index (χ0n) is 15.6. The van der Waals surface area contributed by atoms with Gasteiger partial charge in [-0.15, -0.1) is 11.3 Å². The van der Waals surface area contributed by atoms with E-state index in [-0.39, 0.29) is 5.91 Å². The molecular weight excluding hydrogens is 356 g/mol. The molecule has 3 rings (SSSR count). The molecule has 4 nitrogen and oxygen atoms in total. The molecule has 2 aromatic carbocycles. The van der Waals surface area contributed by atoms with Crippen LogP contribution in [0, 0.1) is 6.92 Å². The van der Waals surface area contributed by atoms with Crippen molar-refractivity contribution in [3.63, 3.8) is 0 Å². The fourth-order valence-electron chi connectivity index (χ4n) is 2.93. The van der Waals surface area contributed by atoms with Gasteiger partial charge in [0.1, 0.15) is 11.8 Å². The van der Waals surface area contributed by atoms with E-state index in [9.17, 15) is 4.79 Å². The number of carbonyl (C=O) groups excluding carboxylic acids is 1. The maximum absolute atomic E-state index is 13.1. The molecule has 0 fully saturated rings. The Kier molecular flexibility index (Phi) is 6.63. The van der Waals surface area contributed by atoms with E-state index in [1.54, 1.807) is 18.4 Å². The number of benzene rings is 2. The predicted molar refractivity (Wildman–Crippen MR) is 112 cm³/mol. The first-order valence-electron chi connectivity index (χ1n) is 8.93. The molecule has 3 aromatic rings. The van der Waals surface area contributed by atoms with E-state index in [0.29, 0.717) is 11.4 Å². The Balaban J connectivity index is 1.75. The van der Waals surface area contributed by atoms with Crippen molar-refractivity contribution in [3.8, 4) is 5.75 Å². The summed E-state index contributed by atoms with van der Waals surface area (Å²) in [7, 11) is 1.61. The molecule has 140 valence electrons. The van der Waals surface area contributed by atoms with E-state index < -0.39 is 6.04 Å². The second-order valence-corrected chi connectivity index (χ2v) is 7.35. The minimum absolute atomic E-state index is 0.101. The minimum Gasteiger partial charge on any atom is -0.495 e. The first-order valence-corrected chi connectivity index (χ1v) is 9.81. The molecule has 2 N–H and O–H groups in total. The third-order valence-corrected chi connectivity index (χ3v) is 5.24. The molecule has 5 heteroatoms. The summed E-state index contributed by atoms with van der Waals surface area (Å²) in [5.74, 6) is 0.552. The van der Waals surface area contributed by atoms with Crippen LogP contribution in [-0.2, 0) is 11.2 Å². The van der Waals surface area contributed by atoms with Gasteiger partial charge >= 0.3 is 0 Å². The van der Waals surface area contributed by atoms with Gasteiger partial charge in [0.05, 0.1) is 12.8 Å². The molecule has 0 bridgehead atoms. The first-order chi connectivity index (χ1) is 13.2. The number of amides is 1. The van der Waals surface area contributed by atoms with Gasteiger partial charge in [-0.3, -0.25) is 4.79 Å². The third kappa shape index (κ3) is 5.18. The van der Waals surface area contributed by atoms with Crippen LogP contribution in [0.25, 0.3) is 0 Å². The average Bonchev–Trinajstić information content (AvgIpc) is 3.19. The maximum Gasteiger partial charge on any atom is 0.246 e. The molecule has 0 aliphatic rings. The summed E-state index contributed by atoms with van der Waals surface area (Å²) in [4.78, 5) is 14.4. The lowest BCUT2D eigenvalue weighted by Crippen LogP contribution is -2.34. The highest BCUT2D eigenvalue weighted by molar-refractivity contribution is 7.09. The number of nitrogens with one attached hydrogen (secondary N) is 2. The van der Waals surface area contributed by atoms with Crippen molar-refractivity contribution >= 4 is 22.9 Å². The Hall–Kier alpha value is -2.63. The molecule has 0 saturated carbocycles. The zero-order chi connectivity index (χ0) is 19.1. The first kappa shape index (κ1) is 19.1. The Bertz CT molecular complexity index is 863. The van der Waals surface area contributed by atoms with Crippen LogP contribution in [0.2, 0.25) is 0 Å². The topological polar surface area (TPSA) is 50.4 Å². The molecule has 1 amide bonds. The van der Waals surface area contributed by atoms with E-state index in [1.165, 1.54) is 4.88 Å². The highest BCUT2D eigenvalue weighted by Gasteiger charge is 2.21. The Morgan fingerprint density at radius 3 is 2.63 bits per heavy atom. The van der Waals surface area contributed by atoms with Crippen LogP contribution in [0.5, 0.6) is 5.75 Å². The molecule has 1 heterocycles. The number of anilines is 1. The van der Waals surface area contributed by atoms with Crippen LogP contribution < -0.4 is 15.4 Å². The van der Waals surface area contributed by atoms with Crippen molar-refractivity contribution in [3.05, 3.63) is 82.0 Å². The summed E-state index contributed by atoms with van der Waals surface area (Å²) >= 11 is 1.73. The number of aryl methyl sites for hydroxylation is 1. The predicted octanol–water partition coefficient (Wildman–Crippen LogP) is 4.58. The fourth-order valence-corrected chi connectivity index (χ4v) is 3.64. The summed E-state index contributed by atoms with van der Waals surface area (Å²) in [5, 5.41) is 8.49. The SMILES string of the molecule is COc1ccc(C)cc1NC(=O)[C@@H](NCCc1cccs1)c1ccccc1. The Morgan fingerprint density at radius 1 is 1.11 bits per heavy atom. The van der Waals surface area contributed by atoms with E-state index in [4.69, 9.17) is 4.74 Å². The highest BCUT2D eigenvalue weighted by Crippen LogP contribution is 2.26. The van der Waals surface area contributed by atoms with Gasteiger partial charge in [-0.2, -0.15) is 0 Å². The number of carbonyl (C=O) groups is 1. The molecule has 0 spiro atoms. The van der Waals surface area contributed by atoms with Gasteiger partial charge in [-0.1, -0.05) is 42.5 Å². The smallest absolute Gasteiger partial charge is 0.246 e. The summed E-state index contributed by atoms with van der Waals surface area (Å²) in [6, 6.07) is 19.3. The minimum atomic E-state index is -0.434. The van der Waals surface area contributed by atoms with E-state index >= 15 is 0 Å². The second-order valence-electron chi connectivity index (χ2n) is 6.32. The Labute approximate surface area is 164 Å². The second kappa shape index (κ2) is 9.35. The molecular formula is C22H24N2O2S. The van der Waals surface area contributed by atoms with E-state index in [0.717, 1.165) is 24.1 Å². The lowest BCUT2D eigenvalue weighted by molar-refractivity contribution is -0.118. The van der Waals surface area contributed by atoms with Gasteiger partial charge in [-0.05, 0) is 48.1 Å². The third-order valence-electron chi connectivity index (χ3n) is 4.31. The molecule has 1 aromatic heterocycles. The van der Waals surface area contributed by atoms with Gasteiger partial charge in [0.15, 0.2) is 0 Å². The zero-order valence-corrected chi connectivity index (χ0v) is 16.4. The summed E-state index contributed by atoms with van der Waals surface area (Å²) in [6.45, 7) is 2.71. The molecule has 0 aliphatic heterocycles. The van der Waals surface area contributed by atoms with Crippen molar-refractivity contribution in [2.75, 3.05) is 19.0 Å². The number of ether oxygens (including phenoxy) is 1. The van der Waals surface area contributed by atoms with E-state index in [1.807, 2.05) is 61.5 Å². The van der Waals surface area contributed by atoms with Crippen molar-refractivity contribution < 1.29 is 9.53 Å².